The average Bonchev–Trinajstić information content (AvgIpc) is 2.73. The van der Waals surface area contributed by atoms with Crippen molar-refractivity contribution < 1.29 is 9.59 Å². The lowest BCUT2D eigenvalue weighted by Gasteiger charge is -2.37. The minimum Gasteiger partial charge on any atom is -0.340 e. The topological polar surface area (TPSA) is 65.5 Å². The SMILES string of the molecule is Cc1ccccc1C(=O)NC(C(=O)N1CCN(Cc2ccncc2)CC1)C(C)C. The number of piperazine rings is 1. The Balaban J connectivity index is 1.58. The predicted octanol–water partition coefficient (Wildman–Crippen LogP) is 2.49. The molecule has 1 fully saturated rings. The lowest BCUT2D eigenvalue weighted by Crippen LogP contribution is -2.56. The summed E-state index contributed by atoms with van der Waals surface area (Å²) in [6.07, 6.45) is 3.61. The van der Waals surface area contributed by atoms with Crippen molar-refractivity contribution >= 4 is 11.8 Å². The number of carbonyl (C=O) groups is 2. The molecule has 1 aliphatic rings. The number of pyridine rings is 1. The largest absolute Gasteiger partial charge is 0.340 e. The summed E-state index contributed by atoms with van der Waals surface area (Å²) >= 11 is 0. The van der Waals surface area contributed by atoms with E-state index in [1.807, 2.05) is 56.0 Å². The van der Waals surface area contributed by atoms with Crippen molar-refractivity contribution in [3.8, 4) is 0 Å². The van der Waals surface area contributed by atoms with Crippen LogP contribution >= 0.6 is 0 Å². The molecule has 1 aliphatic heterocycles. The molecule has 1 saturated heterocycles. The van der Waals surface area contributed by atoms with Crippen LogP contribution in [0.4, 0.5) is 0 Å². The van der Waals surface area contributed by atoms with Crippen LogP contribution in [-0.4, -0.2) is 58.8 Å². The number of carbonyl (C=O) groups excluding carboxylic acids is 2. The molecule has 0 saturated carbocycles. The highest BCUT2D eigenvalue weighted by Gasteiger charge is 2.31. The van der Waals surface area contributed by atoms with Crippen LogP contribution in [0, 0.1) is 12.8 Å². The van der Waals surface area contributed by atoms with Gasteiger partial charge >= 0.3 is 0 Å². The third kappa shape index (κ3) is 5.41. The molecule has 0 aliphatic carbocycles. The quantitative estimate of drug-likeness (QED) is 0.818. The summed E-state index contributed by atoms with van der Waals surface area (Å²) in [7, 11) is 0. The second kappa shape index (κ2) is 9.65. The maximum absolute atomic E-state index is 13.1. The zero-order chi connectivity index (χ0) is 20.8. The number of benzene rings is 1. The molecule has 2 heterocycles. The van der Waals surface area contributed by atoms with Crippen molar-refractivity contribution in [3.05, 3.63) is 65.5 Å². The van der Waals surface area contributed by atoms with Crippen LogP contribution in [0.5, 0.6) is 0 Å². The normalized spacial score (nSPS) is 15.9. The Hall–Kier alpha value is -2.73. The van der Waals surface area contributed by atoms with Gasteiger partial charge in [-0.15, -0.1) is 0 Å². The van der Waals surface area contributed by atoms with Crippen LogP contribution in [0.1, 0.15) is 35.3 Å². The fourth-order valence-corrected chi connectivity index (χ4v) is 3.63. The Labute approximate surface area is 172 Å². The van der Waals surface area contributed by atoms with E-state index in [0.29, 0.717) is 18.7 Å². The second-order valence-corrected chi connectivity index (χ2v) is 7.97. The molecule has 1 N–H and O–H groups in total. The van der Waals surface area contributed by atoms with Crippen molar-refractivity contribution in [2.75, 3.05) is 26.2 Å². The van der Waals surface area contributed by atoms with Gasteiger partial charge in [-0.1, -0.05) is 32.0 Å². The number of hydrogen-bond acceptors (Lipinski definition) is 4. The summed E-state index contributed by atoms with van der Waals surface area (Å²) in [6, 6.07) is 11.0. The van der Waals surface area contributed by atoms with Crippen molar-refractivity contribution in [1.82, 2.24) is 20.1 Å². The van der Waals surface area contributed by atoms with E-state index in [9.17, 15) is 9.59 Å². The monoisotopic (exact) mass is 394 g/mol. The number of nitrogens with zero attached hydrogens (tertiary/aromatic N) is 3. The van der Waals surface area contributed by atoms with Crippen molar-refractivity contribution in [2.24, 2.45) is 5.92 Å². The van der Waals surface area contributed by atoms with Gasteiger partial charge in [0.2, 0.25) is 5.91 Å². The maximum atomic E-state index is 13.1. The molecule has 6 nitrogen and oxygen atoms in total. The van der Waals surface area contributed by atoms with Crippen LogP contribution in [-0.2, 0) is 11.3 Å². The van der Waals surface area contributed by atoms with E-state index >= 15 is 0 Å². The van der Waals surface area contributed by atoms with E-state index in [4.69, 9.17) is 0 Å². The van der Waals surface area contributed by atoms with Crippen molar-refractivity contribution in [1.29, 1.82) is 0 Å². The Kier molecular flexibility index (Phi) is 6.99. The average molecular weight is 395 g/mol. The van der Waals surface area contributed by atoms with Crippen LogP contribution in [0.25, 0.3) is 0 Å². The highest BCUT2D eigenvalue weighted by atomic mass is 16.2. The molecule has 1 unspecified atom stereocenters. The Morgan fingerprint density at radius 3 is 2.31 bits per heavy atom. The van der Waals surface area contributed by atoms with Crippen LogP contribution < -0.4 is 5.32 Å². The summed E-state index contributed by atoms with van der Waals surface area (Å²) in [6.45, 7) is 9.71. The number of amides is 2. The zero-order valence-electron chi connectivity index (χ0n) is 17.5. The molecule has 1 atom stereocenters. The smallest absolute Gasteiger partial charge is 0.252 e. The molecular weight excluding hydrogens is 364 g/mol. The van der Waals surface area contributed by atoms with Gasteiger partial charge in [0, 0.05) is 50.7 Å². The van der Waals surface area contributed by atoms with Gasteiger partial charge in [-0.3, -0.25) is 19.5 Å². The summed E-state index contributed by atoms with van der Waals surface area (Å²) in [5.74, 6) is -0.165. The molecule has 0 radical (unpaired) electrons. The van der Waals surface area contributed by atoms with E-state index in [0.717, 1.165) is 25.2 Å². The fourth-order valence-electron chi connectivity index (χ4n) is 3.63. The number of rotatable bonds is 6. The molecule has 0 bridgehead atoms. The first-order chi connectivity index (χ1) is 14.0. The molecule has 2 amide bonds. The number of aromatic nitrogens is 1. The first kappa shape index (κ1) is 21.0. The van der Waals surface area contributed by atoms with Crippen molar-refractivity contribution in [2.45, 2.75) is 33.4 Å². The highest BCUT2D eigenvalue weighted by Crippen LogP contribution is 2.14. The second-order valence-electron chi connectivity index (χ2n) is 7.97. The first-order valence-electron chi connectivity index (χ1n) is 10.2. The molecule has 6 heteroatoms. The van der Waals surface area contributed by atoms with E-state index in [2.05, 4.69) is 15.2 Å². The highest BCUT2D eigenvalue weighted by molar-refractivity contribution is 5.98. The van der Waals surface area contributed by atoms with Crippen molar-refractivity contribution in [3.63, 3.8) is 0 Å². The third-order valence-electron chi connectivity index (χ3n) is 5.45. The van der Waals surface area contributed by atoms with Crippen LogP contribution in [0.3, 0.4) is 0 Å². The molecule has 1 aromatic heterocycles. The minimum atomic E-state index is -0.520. The van der Waals surface area contributed by atoms with E-state index < -0.39 is 6.04 Å². The Morgan fingerprint density at radius 1 is 1.03 bits per heavy atom. The number of nitrogens with one attached hydrogen (secondary N) is 1. The zero-order valence-corrected chi connectivity index (χ0v) is 17.5. The summed E-state index contributed by atoms with van der Waals surface area (Å²) in [4.78, 5) is 34.1. The lowest BCUT2D eigenvalue weighted by molar-refractivity contribution is -0.136. The molecule has 154 valence electrons. The molecule has 3 rings (SSSR count). The van der Waals surface area contributed by atoms with Crippen LogP contribution in [0.2, 0.25) is 0 Å². The van der Waals surface area contributed by atoms with Gasteiger partial charge in [0.1, 0.15) is 6.04 Å². The number of aryl methyl sites for hydroxylation is 1. The van der Waals surface area contributed by atoms with Gasteiger partial charge < -0.3 is 10.2 Å². The van der Waals surface area contributed by atoms with E-state index in [1.54, 1.807) is 18.5 Å². The fraction of sp³-hybridized carbons (Fsp3) is 0.435. The lowest BCUT2D eigenvalue weighted by atomic mass is 10.0. The minimum absolute atomic E-state index is 0.00509. The summed E-state index contributed by atoms with van der Waals surface area (Å²) < 4.78 is 0. The van der Waals surface area contributed by atoms with Gasteiger partial charge in [0.25, 0.3) is 5.91 Å². The summed E-state index contributed by atoms with van der Waals surface area (Å²) in [5.41, 5.74) is 2.75. The molecule has 0 spiro atoms. The van der Waals surface area contributed by atoms with Gasteiger partial charge in [-0.2, -0.15) is 0 Å². The predicted molar refractivity (Wildman–Crippen MR) is 113 cm³/mol. The number of hydrogen-bond donors (Lipinski definition) is 1. The van der Waals surface area contributed by atoms with Gasteiger partial charge in [-0.05, 0) is 42.2 Å². The molecule has 29 heavy (non-hydrogen) atoms. The Morgan fingerprint density at radius 2 is 1.69 bits per heavy atom. The first-order valence-corrected chi connectivity index (χ1v) is 10.2. The van der Waals surface area contributed by atoms with Gasteiger partial charge in [0.05, 0.1) is 0 Å². The molecular formula is C23H30N4O2. The Bertz CT molecular complexity index is 830. The van der Waals surface area contributed by atoms with E-state index in [-0.39, 0.29) is 17.7 Å². The third-order valence-corrected chi connectivity index (χ3v) is 5.45. The maximum Gasteiger partial charge on any atom is 0.252 e. The van der Waals surface area contributed by atoms with Gasteiger partial charge in [-0.25, -0.2) is 0 Å². The van der Waals surface area contributed by atoms with Crippen LogP contribution in [0.15, 0.2) is 48.8 Å². The van der Waals surface area contributed by atoms with Gasteiger partial charge in [0.15, 0.2) is 0 Å². The molecule has 2 aromatic rings. The standard InChI is InChI=1S/C23H30N4O2/c1-17(2)21(25-22(28)20-7-5-4-6-18(20)3)23(29)27-14-12-26(13-15-27)16-19-8-10-24-11-9-19/h4-11,17,21H,12-16H2,1-3H3,(H,25,28). The molecule has 1 aromatic carbocycles. The summed E-state index contributed by atoms with van der Waals surface area (Å²) in [5, 5.41) is 2.97. The van der Waals surface area contributed by atoms with E-state index in [1.165, 1.54) is 5.56 Å².